The van der Waals surface area contributed by atoms with Crippen molar-refractivity contribution in [2.75, 3.05) is 51.8 Å². The zero-order valence-electron chi connectivity index (χ0n) is 17.8. The molecule has 0 radical (unpaired) electrons. The van der Waals surface area contributed by atoms with E-state index in [2.05, 4.69) is 42.9 Å². The fourth-order valence-corrected chi connectivity index (χ4v) is 4.90. The summed E-state index contributed by atoms with van der Waals surface area (Å²) in [5, 5.41) is 3.14. The summed E-state index contributed by atoms with van der Waals surface area (Å²) < 4.78 is 37.8. The third-order valence-corrected chi connectivity index (χ3v) is 6.76. The van der Waals surface area contributed by atoms with Crippen LogP contribution >= 0.6 is 0 Å². The first-order valence-corrected chi connectivity index (χ1v) is 11.3. The van der Waals surface area contributed by atoms with E-state index in [9.17, 15) is 13.2 Å². The van der Waals surface area contributed by atoms with Crippen LogP contribution in [-0.4, -0.2) is 87.2 Å². The number of aromatic nitrogens is 1. The van der Waals surface area contributed by atoms with Gasteiger partial charge in [-0.1, -0.05) is 0 Å². The normalized spacial score (nSPS) is 15.9. The van der Waals surface area contributed by atoms with Crippen molar-refractivity contribution in [1.29, 1.82) is 0 Å². The van der Waals surface area contributed by atoms with Gasteiger partial charge in [0.2, 0.25) is 10.0 Å². The van der Waals surface area contributed by atoms with Crippen LogP contribution in [0.25, 0.3) is 0 Å². The number of sulfonamides is 1. The van der Waals surface area contributed by atoms with Gasteiger partial charge in [0.15, 0.2) is 0 Å². The Kier molecular flexibility index (Phi) is 8.38. The maximum absolute atomic E-state index is 13.2. The van der Waals surface area contributed by atoms with Crippen molar-refractivity contribution in [1.82, 2.24) is 14.2 Å². The zero-order chi connectivity index (χ0) is 21.6. The molecule has 2 rings (SSSR count). The number of nitrogens with zero attached hydrogens (tertiary/aromatic N) is 3. The van der Waals surface area contributed by atoms with E-state index in [0.717, 1.165) is 6.54 Å². The SMILES string of the molecule is COC(=O)c1cnc(NCCN(C(C)C)C(C)C)c(S(=O)(=O)N2CCOCC2)c1. The molecule has 29 heavy (non-hydrogen) atoms. The summed E-state index contributed by atoms with van der Waals surface area (Å²) in [5.74, 6) is -0.398. The highest BCUT2D eigenvalue weighted by Gasteiger charge is 2.30. The van der Waals surface area contributed by atoms with Gasteiger partial charge in [0, 0.05) is 44.5 Å². The van der Waals surface area contributed by atoms with Crippen molar-refractivity contribution in [3.8, 4) is 0 Å². The highest BCUT2D eigenvalue weighted by atomic mass is 32.2. The number of carbonyl (C=O) groups is 1. The molecule has 0 aliphatic carbocycles. The van der Waals surface area contributed by atoms with Crippen LogP contribution < -0.4 is 5.32 Å². The predicted molar refractivity (Wildman–Crippen MR) is 111 cm³/mol. The highest BCUT2D eigenvalue weighted by molar-refractivity contribution is 7.89. The van der Waals surface area contributed by atoms with E-state index < -0.39 is 16.0 Å². The quantitative estimate of drug-likeness (QED) is 0.590. The van der Waals surface area contributed by atoms with Crippen LogP contribution in [0.5, 0.6) is 0 Å². The average molecular weight is 429 g/mol. The van der Waals surface area contributed by atoms with Crippen molar-refractivity contribution in [3.05, 3.63) is 17.8 Å². The Morgan fingerprint density at radius 3 is 2.45 bits per heavy atom. The number of anilines is 1. The molecule has 0 aromatic carbocycles. The molecule has 164 valence electrons. The molecule has 0 spiro atoms. The van der Waals surface area contributed by atoms with Crippen LogP contribution in [0.15, 0.2) is 17.2 Å². The number of hydrogen-bond donors (Lipinski definition) is 1. The van der Waals surface area contributed by atoms with E-state index >= 15 is 0 Å². The fraction of sp³-hybridized carbons (Fsp3) is 0.684. The molecule has 0 amide bonds. The van der Waals surface area contributed by atoms with Crippen LogP contribution in [0.3, 0.4) is 0 Å². The van der Waals surface area contributed by atoms with Gasteiger partial charge in [0.25, 0.3) is 0 Å². The van der Waals surface area contributed by atoms with Crippen molar-refractivity contribution >= 4 is 21.8 Å². The molecule has 9 nitrogen and oxygen atoms in total. The van der Waals surface area contributed by atoms with Crippen molar-refractivity contribution < 1.29 is 22.7 Å². The number of esters is 1. The number of nitrogens with one attached hydrogen (secondary N) is 1. The minimum absolute atomic E-state index is 0.0251. The van der Waals surface area contributed by atoms with Crippen LogP contribution in [-0.2, 0) is 19.5 Å². The summed E-state index contributed by atoms with van der Waals surface area (Å²) in [6.07, 6.45) is 1.33. The van der Waals surface area contributed by atoms with Gasteiger partial charge < -0.3 is 14.8 Å². The summed E-state index contributed by atoms with van der Waals surface area (Å²) in [5.41, 5.74) is 0.0934. The zero-order valence-corrected chi connectivity index (χ0v) is 18.7. The fourth-order valence-electron chi connectivity index (χ4n) is 3.35. The second-order valence-electron chi connectivity index (χ2n) is 7.43. The smallest absolute Gasteiger partial charge is 0.339 e. The van der Waals surface area contributed by atoms with Gasteiger partial charge in [0.05, 0.1) is 25.9 Å². The minimum atomic E-state index is -3.83. The number of ether oxygens (including phenoxy) is 2. The minimum Gasteiger partial charge on any atom is -0.465 e. The first kappa shape index (κ1) is 23.5. The van der Waals surface area contributed by atoms with E-state index in [1.807, 2.05) is 0 Å². The predicted octanol–water partition coefficient (Wildman–Crippen LogP) is 1.42. The second-order valence-corrected chi connectivity index (χ2v) is 9.34. The third kappa shape index (κ3) is 5.88. The van der Waals surface area contributed by atoms with Gasteiger partial charge in [-0.2, -0.15) is 4.31 Å². The largest absolute Gasteiger partial charge is 0.465 e. The lowest BCUT2D eigenvalue weighted by atomic mass is 10.2. The molecular weight excluding hydrogens is 396 g/mol. The van der Waals surface area contributed by atoms with Gasteiger partial charge >= 0.3 is 5.97 Å². The topological polar surface area (TPSA) is 101 Å². The molecule has 1 aliphatic heterocycles. The van der Waals surface area contributed by atoms with Crippen molar-refractivity contribution in [3.63, 3.8) is 0 Å². The van der Waals surface area contributed by atoms with Crippen molar-refractivity contribution in [2.24, 2.45) is 0 Å². The van der Waals surface area contributed by atoms with Crippen LogP contribution in [0.1, 0.15) is 38.1 Å². The molecule has 1 aromatic heterocycles. The number of carbonyl (C=O) groups excluding carboxylic acids is 1. The van der Waals surface area contributed by atoms with Gasteiger partial charge in [-0.3, -0.25) is 4.90 Å². The average Bonchev–Trinajstić information content (AvgIpc) is 2.70. The Bertz CT molecular complexity index is 784. The number of rotatable bonds is 9. The maximum Gasteiger partial charge on any atom is 0.339 e. The highest BCUT2D eigenvalue weighted by Crippen LogP contribution is 2.25. The first-order valence-electron chi connectivity index (χ1n) is 9.84. The van der Waals surface area contributed by atoms with E-state index in [4.69, 9.17) is 9.47 Å². The molecule has 1 aliphatic rings. The first-order chi connectivity index (χ1) is 13.7. The van der Waals surface area contributed by atoms with E-state index in [1.54, 1.807) is 0 Å². The van der Waals surface area contributed by atoms with Gasteiger partial charge in [-0.15, -0.1) is 0 Å². The number of methoxy groups -OCH3 is 1. The Labute approximate surface area is 173 Å². The Morgan fingerprint density at radius 2 is 1.90 bits per heavy atom. The van der Waals surface area contributed by atoms with Crippen LogP contribution in [0.2, 0.25) is 0 Å². The summed E-state index contributed by atoms with van der Waals surface area (Å²) in [4.78, 5) is 18.4. The summed E-state index contributed by atoms with van der Waals surface area (Å²) in [7, 11) is -2.59. The Hall–Kier alpha value is -1.75. The number of morpholine rings is 1. The molecule has 0 bridgehead atoms. The second kappa shape index (κ2) is 10.3. The third-order valence-electron chi connectivity index (χ3n) is 4.85. The lowest BCUT2D eigenvalue weighted by Gasteiger charge is -2.31. The van der Waals surface area contributed by atoms with Crippen LogP contribution in [0.4, 0.5) is 5.82 Å². The molecule has 1 fully saturated rings. The summed E-state index contributed by atoms with van der Waals surface area (Å²) in [6, 6.07) is 2.06. The summed E-state index contributed by atoms with van der Waals surface area (Å²) in [6.45, 7) is 10.9. The Balaban J connectivity index is 2.30. The molecular formula is C19H32N4O5S. The van der Waals surface area contributed by atoms with Gasteiger partial charge in [0.1, 0.15) is 10.7 Å². The number of pyridine rings is 1. The van der Waals surface area contributed by atoms with E-state index in [-0.39, 0.29) is 29.4 Å². The lowest BCUT2D eigenvalue weighted by molar-refractivity contribution is 0.0600. The Morgan fingerprint density at radius 1 is 1.28 bits per heavy atom. The molecule has 1 aromatic rings. The monoisotopic (exact) mass is 428 g/mol. The summed E-state index contributed by atoms with van der Waals surface area (Å²) >= 11 is 0. The van der Waals surface area contributed by atoms with E-state index in [1.165, 1.54) is 23.7 Å². The maximum atomic E-state index is 13.2. The number of hydrogen-bond acceptors (Lipinski definition) is 8. The molecule has 1 saturated heterocycles. The molecule has 0 unspecified atom stereocenters. The lowest BCUT2D eigenvalue weighted by Crippen LogP contribution is -2.41. The van der Waals surface area contributed by atoms with Gasteiger partial charge in [-0.05, 0) is 33.8 Å². The molecule has 10 heteroatoms. The molecule has 1 N–H and O–H groups in total. The molecule has 0 saturated carbocycles. The van der Waals surface area contributed by atoms with Gasteiger partial charge in [-0.25, -0.2) is 18.2 Å². The van der Waals surface area contributed by atoms with Crippen LogP contribution in [0, 0.1) is 0 Å². The van der Waals surface area contributed by atoms with Crippen molar-refractivity contribution in [2.45, 2.75) is 44.7 Å². The standard InChI is InChI=1S/C19H32N4O5S/c1-14(2)23(15(3)4)7-6-20-18-17(12-16(13-21-18)19(24)27-5)29(25,26)22-8-10-28-11-9-22/h12-15H,6-11H2,1-5H3,(H,20,21). The van der Waals surface area contributed by atoms with E-state index in [0.29, 0.717) is 31.8 Å². The molecule has 0 atom stereocenters. The molecule has 2 heterocycles.